The van der Waals surface area contributed by atoms with Crippen molar-refractivity contribution < 1.29 is 9.18 Å². The number of hydrogen-bond donors (Lipinski definition) is 2. The van der Waals surface area contributed by atoms with Crippen LogP contribution >= 0.6 is 0 Å². The Hall–Kier alpha value is -1.84. The van der Waals surface area contributed by atoms with Crippen LogP contribution in [-0.2, 0) is 4.79 Å². The summed E-state index contributed by atoms with van der Waals surface area (Å²) in [6.45, 7) is 0. The first kappa shape index (κ1) is 9.25. The molecule has 4 N–H and O–H groups in total. The predicted molar refractivity (Wildman–Crippen MR) is 50.3 cm³/mol. The highest BCUT2D eigenvalue weighted by atomic mass is 19.1. The molecule has 1 rings (SSSR count). The maximum absolute atomic E-state index is 12.8. The summed E-state index contributed by atoms with van der Waals surface area (Å²) in [5, 5.41) is 0. The first-order valence-electron chi connectivity index (χ1n) is 3.61. The minimum absolute atomic E-state index is 0.172. The molecule has 3 nitrogen and oxygen atoms in total. The molecule has 1 aromatic rings. The fourth-order valence-corrected chi connectivity index (χ4v) is 0.942. The van der Waals surface area contributed by atoms with Gasteiger partial charge in [0.05, 0.1) is 11.4 Å². The van der Waals surface area contributed by atoms with Crippen LogP contribution in [0.3, 0.4) is 0 Å². The van der Waals surface area contributed by atoms with Crippen LogP contribution in [0.1, 0.15) is 5.56 Å². The van der Waals surface area contributed by atoms with E-state index in [9.17, 15) is 9.18 Å². The first-order chi connectivity index (χ1) is 6.15. The molecule has 13 heavy (non-hydrogen) atoms. The van der Waals surface area contributed by atoms with Gasteiger partial charge in [-0.25, -0.2) is 4.39 Å². The summed E-state index contributed by atoms with van der Waals surface area (Å²) in [7, 11) is 0. The van der Waals surface area contributed by atoms with Gasteiger partial charge in [0.25, 0.3) is 0 Å². The lowest BCUT2D eigenvalue weighted by Crippen LogP contribution is -1.98. The van der Waals surface area contributed by atoms with Gasteiger partial charge in [0.2, 0.25) is 0 Å². The first-order valence-corrected chi connectivity index (χ1v) is 3.61. The number of anilines is 2. The zero-order valence-corrected chi connectivity index (χ0v) is 6.83. The normalized spacial score (nSPS) is 10.5. The lowest BCUT2D eigenvalue weighted by atomic mass is 10.1. The van der Waals surface area contributed by atoms with Crippen molar-refractivity contribution in [3.05, 3.63) is 29.6 Å². The molecule has 0 atom stereocenters. The van der Waals surface area contributed by atoms with Gasteiger partial charge in [-0.2, -0.15) is 0 Å². The monoisotopic (exact) mass is 180 g/mol. The van der Waals surface area contributed by atoms with Gasteiger partial charge in [-0.05, 0) is 24.3 Å². The topological polar surface area (TPSA) is 69.1 Å². The summed E-state index contributed by atoms with van der Waals surface area (Å²) in [6.07, 6.45) is 3.22. The number of carbonyl (C=O) groups excluding carboxylic acids is 1. The Bertz CT molecular complexity index is 361. The summed E-state index contributed by atoms with van der Waals surface area (Å²) < 4.78 is 12.8. The molecule has 4 heteroatoms. The number of nitrogens with two attached hydrogens (primary N) is 2. The Balaban J connectivity index is 3.19. The van der Waals surface area contributed by atoms with Gasteiger partial charge in [-0.1, -0.05) is 0 Å². The van der Waals surface area contributed by atoms with E-state index in [1.54, 1.807) is 0 Å². The third-order valence-corrected chi connectivity index (χ3v) is 1.56. The highest BCUT2D eigenvalue weighted by Crippen LogP contribution is 2.22. The maximum Gasteiger partial charge on any atom is 0.142 e. The second kappa shape index (κ2) is 3.71. The van der Waals surface area contributed by atoms with Crippen molar-refractivity contribution in [3.8, 4) is 0 Å². The van der Waals surface area contributed by atoms with Crippen molar-refractivity contribution >= 4 is 23.7 Å². The zero-order chi connectivity index (χ0) is 9.84. The summed E-state index contributed by atoms with van der Waals surface area (Å²) in [4.78, 5) is 10.0. The molecule has 0 saturated carbocycles. The summed E-state index contributed by atoms with van der Waals surface area (Å²) in [5.74, 6) is -0.475. The largest absolute Gasteiger partial charge is 0.397 e. The van der Waals surface area contributed by atoms with E-state index in [2.05, 4.69) is 0 Å². The molecule has 1 aromatic carbocycles. The van der Waals surface area contributed by atoms with Gasteiger partial charge >= 0.3 is 0 Å². The minimum atomic E-state index is -0.475. The molecule has 0 bridgehead atoms. The van der Waals surface area contributed by atoms with E-state index < -0.39 is 5.82 Å². The number of allylic oxidation sites excluding steroid dienone is 1. The quantitative estimate of drug-likeness (QED) is 0.408. The van der Waals surface area contributed by atoms with Gasteiger partial charge in [0.15, 0.2) is 0 Å². The SMILES string of the molecule is Nc1cc(F)cc(C=CC=O)c1N. The average Bonchev–Trinajstić information content (AvgIpc) is 2.09. The Kier molecular flexibility index (Phi) is 2.64. The van der Waals surface area contributed by atoms with Crippen LogP contribution in [-0.4, -0.2) is 6.29 Å². The molecular weight excluding hydrogens is 171 g/mol. The molecule has 0 saturated heterocycles. The minimum Gasteiger partial charge on any atom is -0.397 e. The summed E-state index contributed by atoms with van der Waals surface area (Å²) in [6, 6.07) is 2.35. The van der Waals surface area contributed by atoms with Crippen molar-refractivity contribution in [2.45, 2.75) is 0 Å². The van der Waals surface area contributed by atoms with E-state index in [0.29, 0.717) is 11.8 Å². The number of halogens is 1. The Morgan fingerprint density at radius 2 is 2.00 bits per heavy atom. The number of nitrogen functional groups attached to an aromatic ring is 2. The van der Waals surface area contributed by atoms with Crippen LogP contribution in [0.2, 0.25) is 0 Å². The third-order valence-electron chi connectivity index (χ3n) is 1.56. The Morgan fingerprint density at radius 1 is 1.31 bits per heavy atom. The second-order valence-corrected chi connectivity index (χ2v) is 2.49. The van der Waals surface area contributed by atoms with Crippen LogP contribution in [0.25, 0.3) is 6.08 Å². The number of benzene rings is 1. The van der Waals surface area contributed by atoms with E-state index >= 15 is 0 Å². The van der Waals surface area contributed by atoms with Gasteiger partial charge in [-0.15, -0.1) is 0 Å². The van der Waals surface area contributed by atoms with E-state index in [1.165, 1.54) is 18.2 Å². The van der Waals surface area contributed by atoms with Crippen LogP contribution in [0, 0.1) is 5.82 Å². The van der Waals surface area contributed by atoms with E-state index in [0.717, 1.165) is 6.07 Å². The van der Waals surface area contributed by atoms with Gasteiger partial charge in [-0.3, -0.25) is 4.79 Å². The van der Waals surface area contributed by atoms with Gasteiger partial charge in [0, 0.05) is 5.56 Å². The van der Waals surface area contributed by atoms with Crippen molar-refractivity contribution in [2.24, 2.45) is 0 Å². The fraction of sp³-hybridized carbons (Fsp3) is 0. The molecule has 0 radical (unpaired) electrons. The number of aldehydes is 1. The van der Waals surface area contributed by atoms with Crippen molar-refractivity contribution in [1.29, 1.82) is 0 Å². The number of carbonyl (C=O) groups is 1. The molecule has 0 aliphatic rings. The van der Waals surface area contributed by atoms with E-state index in [1.807, 2.05) is 0 Å². The van der Waals surface area contributed by atoms with Crippen molar-refractivity contribution in [3.63, 3.8) is 0 Å². The predicted octanol–water partition coefficient (Wildman–Crippen LogP) is 1.20. The summed E-state index contributed by atoms with van der Waals surface area (Å²) in [5.41, 5.74) is 11.8. The van der Waals surface area contributed by atoms with E-state index in [-0.39, 0.29) is 11.4 Å². The fourth-order valence-electron chi connectivity index (χ4n) is 0.942. The molecule has 0 aromatic heterocycles. The smallest absolute Gasteiger partial charge is 0.142 e. The molecule has 68 valence electrons. The molecule has 0 amide bonds. The molecular formula is C9H9FN2O. The summed E-state index contributed by atoms with van der Waals surface area (Å²) >= 11 is 0. The average molecular weight is 180 g/mol. The molecule has 0 fully saturated rings. The molecule has 0 heterocycles. The lowest BCUT2D eigenvalue weighted by molar-refractivity contribution is -0.104. The van der Waals surface area contributed by atoms with Crippen LogP contribution in [0.15, 0.2) is 18.2 Å². The van der Waals surface area contributed by atoms with Gasteiger partial charge < -0.3 is 11.5 Å². The highest BCUT2D eigenvalue weighted by Gasteiger charge is 2.02. The van der Waals surface area contributed by atoms with E-state index in [4.69, 9.17) is 11.5 Å². The standard InChI is InChI=1S/C9H9FN2O/c10-7-4-6(2-1-3-13)9(12)8(11)5-7/h1-5H,11-12H2. The lowest BCUT2D eigenvalue weighted by Gasteiger charge is -2.03. The third kappa shape index (κ3) is 2.05. The van der Waals surface area contributed by atoms with Crippen LogP contribution in [0.4, 0.5) is 15.8 Å². The molecule has 0 aliphatic carbocycles. The number of rotatable bonds is 2. The van der Waals surface area contributed by atoms with Gasteiger partial charge in [0.1, 0.15) is 12.1 Å². The number of hydrogen-bond acceptors (Lipinski definition) is 3. The zero-order valence-electron chi connectivity index (χ0n) is 6.83. The second-order valence-electron chi connectivity index (χ2n) is 2.49. The Labute approximate surface area is 74.8 Å². The maximum atomic E-state index is 12.8. The molecule has 0 unspecified atom stereocenters. The Morgan fingerprint density at radius 3 is 2.62 bits per heavy atom. The molecule has 0 spiro atoms. The van der Waals surface area contributed by atoms with Crippen LogP contribution in [0.5, 0.6) is 0 Å². The van der Waals surface area contributed by atoms with Crippen LogP contribution < -0.4 is 11.5 Å². The highest BCUT2D eigenvalue weighted by molar-refractivity contribution is 5.81. The molecule has 0 aliphatic heterocycles. The van der Waals surface area contributed by atoms with Crippen molar-refractivity contribution in [1.82, 2.24) is 0 Å². The van der Waals surface area contributed by atoms with Crippen molar-refractivity contribution in [2.75, 3.05) is 11.5 Å².